The molecule has 1 fully saturated rings. The molecule has 0 aromatic heterocycles. The average Bonchev–Trinajstić information content (AvgIpc) is 2.37. The first-order valence-corrected chi connectivity index (χ1v) is 6.88. The number of hydrogen-bond acceptors (Lipinski definition) is 2. The molecule has 1 saturated carbocycles. The number of rotatable bonds is 1. The Balaban J connectivity index is 2.19. The van der Waals surface area contributed by atoms with Crippen molar-refractivity contribution in [2.24, 2.45) is 16.7 Å². The van der Waals surface area contributed by atoms with Crippen molar-refractivity contribution < 1.29 is 9.90 Å². The predicted molar refractivity (Wildman–Crippen MR) is 75.4 cm³/mol. The van der Waals surface area contributed by atoms with E-state index in [4.69, 9.17) is 0 Å². The van der Waals surface area contributed by atoms with Gasteiger partial charge in [0.15, 0.2) is 0 Å². The normalized spacial score (nSPS) is 36.2. The number of carbonyl (C=O) groups is 1. The Morgan fingerprint density at radius 3 is 2.42 bits per heavy atom. The van der Waals surface area contributed by atoms with E-state index in [1.807, 2.05) is 51.1 Å². The Morgan fingerprint density at radius 1 is 1.16 bits per heavy atom. The lowest BCUT2D eigenvalue weighted by Crippen LogP contribution is -2.57. The fourth-order valence-corrected chi connectivity index (χ4v) is 3.93. The van der Waals surface area contributed by atoms with Crippen molar-refractivity contribution in [2.75, 3.05) is 0 Å². The fourth-order valence-electron chi connectivity index (χ4n) is 3.93. The van der Waals surface area contributed by atoms with Crippen LogP contribution in [-0.4, -0.2) is 17.0 Å². The van der Waals surface area contributed by atoms with Crippen molar-refractivity contribution in [3.05, 3.63) is 42.0 Å². The van der Waals surface area contributed by atoms with Crippen LogP contribution in [0.25, 0.3) is 5.57 Å². The summed E-state index contributed by atoms with van der Waals surface area (Å²) in [4.78, 5) is 12.8. The van der Waals surface area contributed by atoms with Crippen molar-refractivity contribution in [1.82, 2.24) is 0 Å². The smallest absolute Gasteiger partial charge is 0.149 e. The number of carbonyl (C=O) groups excluding carboxylic acids is 1. The van der Waals surface area contributed by atoms with Gasteiger partial charge in [0.1, 0.15) is 5.78 Å². The van der Waals surface area contributed by atoms with Gasteiger partial charge in [-0.25, -0.2) is 0 Å². The molecular formula is C17H20O2. The van der Waals surface area contributed by atoms with E-state index in [9.17, 15) is 9.90 Å². The number of fused-ring (bicyclic) bond motifs is 2. The highest BCUT2D eigenvalue weighted by atomic mass is 16.3. The molecule has 2 bridgehead atoms. The van der Waals surface area contributed by atoms with Gasteiger partial charge in [-0.15, -0.1) is 0 Å². The molecule has 2 heteroatoms. The second-order valence-corrected chi connectivity index (χ2v) is 6.63. The van der Waals surface area contributed by atoms with Gasteiger partial charge in [0.2, 0.25) is 0 Å². The molecule has 19 heavy (non-hydrogen) atoms. The van der Waals surface area contributed by atoms with Crippen LogP contribution in [0.1, 0.15) is 32.8 Å². The number of hydrogen-bond donors (Lipinski definition) is 1. The summed E-state index contributed by atoms with van der Waals surface area (Å²) in [5, 5.41) is 10.3. The lowest BCUT2D eigenvalue weighted by Gasteiger charge is -2.53. The largest absolute Gasteiger partial charge is 0.392 e. The summed E-state index contributed by atoms with van der Waals surface area (Å²) in [6, 6.07) is 10.1. The van der Waals surface area contributed by atoms with E-state index in [1.165, 1.54) is 0 Å². The van der Waals surface area contributed by atoms with E-state index in [-0.39, 0.29) is 11.7 Å². The van der Waals surface area contributed by atoms with Gasteiger partial charge < -0.3 is 5.11 Å². The lowest BCUT2D eigenvalue weighted by molar-refractivity contribution is -0.148. The van der Waals surface area contributed by atoms with Crippen molar-refractivity contribution >= 4 is 11.4 Å². The molecule has 0 radical (unpaired) electrons. The fraction of sp³-hybridized carbons (Fsp3) is 0.471. The molecule has 3 aliphatic rings. The van der Waals surface area contributed by atoms with E-state index in [0.717, 1.165) is 11.1 Å². The second-order valence-electron chi connectivity index (χ2n) is 6.63. The second kappa shape index (κ2) is 3.80. The Hall–Kier alpha value is -1.41. The van der Waals surface area contributed by atoms with Gasteiger partial charge in [0.25, 0.3) is 0 Å². The SMILES string of the molecule is CC1(C)C(=O)[C@@]2(C)C[C@@H](O)[C@@H]1C=C2c1ccccc1. The summed E-state index contributed by atoms with van der Waals surface area (Å²) in [6.45, 7) is 5.90. The molecule has 100 valence electrons. The van der Waals surface area contributed by atoms with Crippen LogP contribution in [0.3, 0.4) is 0 Å². The minimum Gasteiger partial charge on any atom is -0.392 e. The highest BCUT2D eigenvalue weighted by molar-refractivity contribution is 6.04. The van der Waals surface area contributed by atoms with Crippen molar-refractivity contribution in [3.63, 3.8) is 0 Å². The van der Waals surface area contributed by atoms with Crippen LogP contribution in [0.2, 0.25) is 0 Å². The Bertz CT molecular complexity index is 556. The first-order valence-electron chi connectivity index (χ1n) is 6.88. The van der Waals surface area contributed by atoms with E-state index in [2.05, 4.69) is 6.08 Å². The van der Waals surface area contributed by atoms with Gasteiger partial charge in [-0.3, -0.25) is 4.79 Å². The topological polar surface area (TPSA) is 37.3 Å². The maximum absolute atomic E-state index is 12.8. The van der Waals surface area contributed by atoms with Crippen LogP contribution in [0.15, 0.2) is 36.4 Å². The number of aliphatic hydroxyl groups excluding tert-OH is 1. The highest BCUT2D eigenvalue weighted by Gasteiger charge is 2.59. The van der Waals surface area contributed by atoms with Crippen LogP contribution in [0, 0.1) is 16.7 Å². The van der Waals surface area contributed by atoms with Gasteiger partial charge in [-0.2, -0.15) is 0 Å². The number of allylic oxidation sites excluding steroid dienone is 1. The number of ketones is 1. The average molecular weight is 256 g/mol. The molecule has 3 atom stereocenters. The Morgan fingerprint density at radius 2 is 1.79 bits per heavy atom. The molecule has 0 spiro atoms. The zero-order chi connectivity index (χ0) is 13.8. The monoisotopic (exact) mass is 256 g/mol. The molecule has 1 aromatic rings. The summed E-state index contributed by atoms with van der Waals surface area (Å²) in [5.41, 5.74) is 1.17. The maximum atomic E-state index is 12.8. The van der Waals surface area contributed by atoms with Gasteiger partial charge in [0.05, 0.1) is 11.5 Å². The standard InChI is InChI=1S/C17H20O2/c1-16(2)13-9-12(11-7-5-4-6-8-11)17(3,15(16)19)10-14(13)18/h4-9,13-14,18H,10H2,1-3H3/t13-,14+,17-/m0/s1. The quantitative estimate of drug-likeness (QED) is 0.838. The number of benzene rings is 1. The third kappa shape index (κ3) is 1.56. The molecular weight excluding hydrogens is 236 g/mol. The molecule has 0 amide bonds. The van der Waals surface area contributed by atoms with Gasteiger partial charge >= 0.3 is 0 Å². The predicted octanol–water partition coefficient (Wildman–Crippen LogP) is 3.07. The van der Waals surface area contributed by atoms with Crippen LogP contribution < -0.4 is 0 Å². The summed E-state index contributed by atoms with van der Waals surface area (Å²) in [6.07, 6.45) is 2.26. The molecule has 4 rings (SSSR count). The highest BCUT2D eigenvalue weighted by Crippen LogP contribution is 2.58. The minimum absolute atomic E-state index is 0.0722. The third-order valence-electron chi connectivity index (χ3n) is 4.98. The molecule has 2 nitrogen and oxygen atoms in total. The van der Waals surface area contributed by atoms with Crippen LogP contribution in [0.5, 0.6) is 0 Å². The molecule has 3 aliphatic carbocycles. The first kappa shape index (κ1) is 12.6. The van der Waals surface area contributed by atoms with Gasteiger partial charge in [-0.1, -0.05) is 50.3 Å². The van der Waals surface area contributed by atoms with Crippen LogP contribution >= 0.6 is 0 Å². The summed E-state index contributed by atoms with van der Waals surface area (Å²) in [7, 11) is 0. The molecule has 0 unspecified atom stereocenters. The summed E-state index contributed by atoms with van der Waals surface area (Å²) < 4.78 is 0. The van der Waals surface area contributed by atoms with E-state index in [0.29, 0.717) is 6.42 Å². The summed E-state index contributed by atoms with van der Waals surface area (Å²) >= 11 is 0. The number of Topliss-reactive ketones (excluding diaryl/α,β-unsaturated/α-hetero) is 1. The molecule has 0 saturated heterocycles. The molecule has 0 heterocycles. The van der Waals surface area contributed by atoms with E-state index < -0.39 is 16.9 Å². The zero-order valence-electron chi connectivity index (χ0n) is 11.7. The zero-order valence-corrected chi connectivity index (χ0v) is 11.7. The number of aliphatic hydroxyl groups is 1. The van der Waals surface area contributed by atoms with Gasteiger partial charge in [-0.05, 0) is 24.5 Å². The lowest BCUT2D eigenvalue weighted by atomic mass is 9.49. The molecule has 1 N–H and O–H groups in total. The Kier molecular flexibility index (Phi) is 2.52. The summed E-state index contributed by atoms with van der Waals surface area (Å²) in [5.74, 6) is 0.189. The van der Waals surface area contributed by atoms with Crippen molar-refractivity contribution in [3.8, 4) is 0 Å². The van der Waals surface area contributed by atoms with Gasteiger partial charge in [0, 0.05) is 11.3 Å². The van der Waals surface area contributed by atoms with Crippen LogP contribution in [0.4, 0.5) is 0 Å². The van der Waals surface area contributed by atoms with E-state index >= 15 is 0 Å². The third-order valence-corrected chi connectivity index (χ3v) is 4.98. The Labute approximate surface area is 114 Å². The van der Waals surface area contributed by atoms with E-state index in [1.54, 1.807) is 0 Å². The first-order chi connectivity index (χ1) is 8.87. The van der Waals surface area contributed by atoms with Crippen molar-refractivity contribution in [2.45, 2.75) is 33.3 Å². The van der Waals surface area contributed by atoms with Crippen molar-refractivity contribution in [1.29, 1.82) is 0 Å². The minimum atomic E-state index is -0.557. The van der Waals surface area contributed by atoms with Crippen LogP contribution in [-0.2, 0) is 4.79 Å². The molecule has 1 aromatic carbocycles. The maximum Gasteiger partial charge on any atom is 0.149 e. The molecule has 0 aliphatic heterocycles.